The summed E-state index contributed by atoms with van der Waals surface area (Å²) >= 11 is 0. The monoisotopic (exact) mass is 281 g/mol. The van der Waals surface area contributed by atoms with Gasteiger partial charge < -0.3 is 19.8 Å². The van der Waals surface area contributed by atoms with Crippen molar-refractivity contribution in [1.82, 2.24) is 9.97 Å². The molecule has 0 aliphatic heterocycles. The van der Waals surface area contributed by atoms with Gasteiger partial charge in [0.1, 0.15) is 6.33 Å². The van der Waals surface area contributed by atoms with E-state index in [1.54, 1.807) is 14.2 Å². The molecular weight excluding hydrogens is 258 g/mol. The molecule has 0 radical (unpaired) electrons. The zero-order chi connectivity index (χ0) is 14.5. The lowest BCUT2D eigenvalue weighted by Gasteiger charge is -2.31. The number of nitrogen functional groups attached to an aromatic ring is 1. The van der Waals surface area contributed by atoms with Crippen LogP contribution in [0.15, 0.2) is 6.33 Å². The summed E-state index contributed by atoms with van der Waals surface area (Å²) in [5.74, 6) is 8.00. The van der Waals surface area contributed by atoms with E-state index in [2.05, 4.69) is 27.2 Å². The lowest BCUT2D eigenvalue weighted by molar-refractivity contribution is 0.202. The number of rotatable bonds is 8. The van der Waals surface area contributed by atoms with Gasteiger partial charge in [0.15, 0.2) is 11.6 Å². The minimum absolute atomic E-state index is 0.388. The molecule has 0 saturated heterocycles. The zero-order valence-corrected chi connectivity index (χ0v) is 12.3. The van der Waals surface area contributed by atoms with Gasteiger partial charge in [-0.3, -0.25) is 0 Å². The molecule has 1 aromatic rings. The maximum Gasteiger partial charge on any atom is 0.205 e. The van der Waals surface area contributed by atoms with Crippen molar-refractivity contribution in [1.29, 1.82) is 0 Å². The smallest absolute Gasteiger partial charge is 0.205 e. The van der Waals surface area contributed by atoms with E-state index in [4.69, 9.17) is 15.3 Å². The van der Waals surface area contributed by atoms with Crippen molar-refractivity contribution < 1.29 is 9.47 Å². The van der Waals surface area contributed by atoms with Gasteiger partial charge >= 0.3 is 0 Å². The lowest BCUT2D eigenvalue weighted by atomic mass is 10.2. The molecule has 0 bridgehead atoms. The highest BCUT2D eigenvalue weighted by Crippen LogP contribution is 2.39. The van der Waals surface area contributed by atoms with E-state index in [0.29, 0.717) is 30.1 Å². The molecule has 0 spiro atoms. The number of hydrogen-bond donors (Lipinski definition) is 2. The maximum absolute atomic E-state index is 5.48. The lowest BCUT2D eigenvalue weighted by Crippen LogP contribution is -2.38. The van der Waals surface area contributed by atoms with Gasteiger partial charge in [0.2, 0.25) is 5.75 Å². The Bertz CT molecular complexity index is 439. The van der Waals surface area contributed by atoms with Gasteiger partial charge in [-0.1, -0.05) is 0 Å². The Morgan fingerprint density at radius 1 is 1.45 bits per heavy atom. The highest BCUT2D eigenvalue weighted by atomic mass is 16.5. The summed E-state index contributed by atoms with van der Waals surface area (Å²) in [5.41, 5.74) is 2.55. The van der Waals surface area contributed by atoms with Gasteiger partial charge in [-0.2, -0.15) is 0 Å². The Morgan fingerprint density at radius 2 is 2.20 bits per heavy atom. The van der Waals surface area contributed by atoms with Crippen LogP contribution in [0.3, 0.4) is 0 Å². The molecule has 2 rings (SSSR count). The topological polar surface area (TPSA) is 85.5 Å². The first-order chi connectivity index (χ1) is 9.72. The summed E-state index contributed by atoms with van der Waals surface area (Å²) in [6.07, 6.45) is 4.02. The number of hydrazine groups is 1. The molecule has 1 aromatic heterocycles. The molecule has 7 heteroatoms. The Morgan fingerprint density at radius 3 is 2.75 bits per heavy atom. The van der Waals surface area contributed by atoms with E-state index in [1.165, 1.54) is 19.2 Å². The quantitative estimate of drug-likeness (QED) is 0.543. The van der Waals surface area contributed by atoms with Crippen LogP contribution in [-0.4, -0.2) is 43.4 Å². The highest BCUT2D eigenvalue weighted by molar-refractivity contribution is 5.64. The summed E-state index contributed by atoms with van der Waals surface area (Å²) in [4.78, 5) is 10.7. The first kappa shape index (κ1) is 14.8. The number of methoxy groups -OCH3 is 2. The minimum Gasteiger partial charge on any atom is -0.490 e. The summed E-state index contributed by atoms with van der Waals surface area (Å²) in [5, 5.41) is 0. The first-order valence-corrected chi connectivity index (χ1v) is 6.84. The van der Waals surface area contributed by atoms with Crippen molar-refractivity contribution in [2.24, 2.45) is 11.8 Å². The third-order valence-corrected chi connectivity index (χ3v) is 3.73. The third kappa shape index (κ3) is 3.10. The molecule has 1 saturated carbocycles. The number of nitrogens with zero attached hydrogens (tertiary/aromatic N) is 3. The summed E-state index contributed by atoms with van der Waals surface area (Å²) in [6, 6.07) is 0.388. The number of nitrogens with one attached hydrogen (secondary N) is 1. The molecule has 3 N–H and O–H groups in total. The van der Waals surface area contributed by atoms with E-state index < -0.39 is 0 Å². The molecule has 1 heterocycles. The van der Waals surface area contributed by atoms with Gasteiger partial charge in [-0.15, -0.1) is 0 Å². The Balaban J connectivity index is 2.31. The molecule has 1 aliphatic carbocycles. The van der Waals surface area contributed by atoms with Gasteiger partial charge in [-0.05, 0) is 25.7 Å². The second kappa shape index (κ2) is 6.71. The zero-order valence-electron chi connectivity index (χ0n) is 12.3. The number of aromatic nitrogens is 2. The van der Waals surface area contributed by atoms with E-state index in [-0.39, 0.29) is 0 Å². The summed E-state index contributed by atoms with van der Waals surface area (Å²) < 4.78 is 10.6. The van der Waals surface area contributed by atoms with Crippen molar-refractivity contribution in [3.63, 3.8) is 0 Å². The van der Waals surface area contributed by atoms with Gasteiger partial charge in [0, 0.05) is 19.7 Å². The number of anilines is 2. The molecule has 1 unspecified atom stereocenters. The van der Waals surface area contributed by atoms with Crippen LogP contribution in [0.5, 0.6) is 5.75 Å². The Hall–Kier alpha value is -1.60. The number of hydrogen-bond acceptors (Lipinski definition) is 7. The standard InChI is InChI=1S/C13H23N5O2/c1-9(10-4-5-10)18(6-7-19-2)13-11(20-3)12(17-14)15-8-16-13/h8-10H,4-7,14H2,1-3H3,(H,15,16,17). The van der Waals surface area contributed by atoms with Crippen molar-refractivity contribution in [3.05, 3.63) is 6.33 Å². The molecule has 1 aliphatic rings. The molecule has 1 atom stereocenters. The van der Waals surface area contributed by atoms with Crippen LogP contribution in [0, 0.1) is 5.92 Å². The van der Waals surface area contributed by atoms with Crippen LogP contribution in [0.2, 0.25) is 0 Å². The molecule has 112 valence electrons. The van der Waals surface area contributed by atoms with Gasteiger partial charge in [0.05, 0.1) is 13.7 Å². The second-order valence-corrected chi connectivity index (χ2v) is 4.99. The SMILES string of the molecule is COCCN(c1ncnc(NN)c1OC)C(C)C1CC1. The fourth-order valence-electron chi connectivity index (χ4n) is 2.38. The molecule has 0 amide bonds. The number of ether oxygens (including phenoxy) is 2. The fraction of sp³-hybridized carbons (Fsp3) is 0.692. The predicted octanol–water partition coefficient (Wildman–Crippen LogP) is 1.02. The first-order valence-electron chi connectivity index (χ1n) is 6.84. The minimum atomic E-state index is 0.388. The normalized spacial score (nSPS) is 15.8. The van der Waals surface area contributed by atoms with E-state index in [0.717, 1.165) is 12.4 Å². The Kier molecular flexibility index (Phi) is 4.97. The predicted molar refractivity (Wildman–Crippen MR) is 77.8 cm³/mol. The second-order valence-electron chi connectivity index (χ2n) is 4.99. The van der Waals surface area contributed by atoms with Crippen molar-refractivity contribution in [3.8, 4) is 5.75 Å². The fourth-order valence-corrected chi connectivity index (χ4v) is 2.38. The third-order valence-electron chi connectivity index (χ3n) is 3.73. The molecular formula is C13H23N5O2. The van der Waals surface area contributed by atoms with Crippen LogP contribution in [0.1, 0.15) is 19.8 Å². The maximum atomic E-state index is 5.48. The van der Waals surface area contributed by atoms with Crippen LogP contribution in [-0.2, 0) is 4.74 Å². The number of nitrogens with two attached hydrogens (primary N) is 1. The highest BCUT2D eigenvalue weighted by Gasteiger charge is 2.34. The van der Waals surface area contributed by atoms with Crippen LogP contribution in [0.4, 0.5) is 11.6 Å². The average molecular weight is 281 g/mol. The largest absolute Gasteiger partial charge is 0.490 e. The van der Waals surface area contributed by atoms with Crippen molar-refractivity contribution >= 4 is 11.6 Å². The van der Waals surface area contributed by atoms with E-state index in [1.807, 2.05) is 0 Å². The van der Waals surface area contributed by atoms with Crippen LogP contribution < -0.4 is 20.9 Å². The van der Waals surface area contributed by atoms with E-state index in [9.17, 15) is 0 Å². The van der Waals surface area contributed by atoms with Crippen LogP contribution in [0.25, 0.3) is 0 Å². The summed E-state index contributed by atoms with van der Waals surface area (Å²) in [6.45, 7) is 3.60. The van der Waals surface area contributed by atoms with Crippen molar-refractivity contribution in [2.45, 2.75) is 25.8 Å². The van der Waals surface area contributed by atoms with Crippen molar-refractivity contribution in [2.75, 3.05) is 37.7 Å². The molecule has 1 fully saturated rings. The van der Waals surface area contributed by atoms with E-state index >= 15 is 0 Å². The molecule has 0 aromatic carbocycles. The summed E-state index contributed by atoms with van der Waals surface area (Å²) in [7, 11) is 3.30. The Labute approximate surface area is 119 Å². The molecule has 20 heavy (non-hydrogen) atoms. The average Bonchev–Trinajstić information content (AvgIpc) is 3.31. The van der Waals surface area contributed by atoms with Gasteiger partial charge in [-0.25, -0.2) is 15.8 Å². The van der Waals surface area contributed by atoms with Gasteiger partial charge in [0.25, 0.3) is 0 Å². The molecule has 7 nitrogen and oxygen atoms in total. The van der Waals surface area contributed by atoms with Crippen LogP contribution >= 0.6 is 0 Å².